The normalized spacial score (nSPS) is 25.1. The van der Waals surface area contributed by atoms with Crippen molar-refractivity contribution in [3.63, 3.8) is 0 Å². The standard InChI is InChI=1S/C81H104Cl2N12O22S/c1-42(2)68-64(101)35-53(37-67(105)106)74(110)91-70(46(6)98)78(114)92-69(45(5)97)77(113)88-59(32-48-21-24-51(25-22-48)50-18-13-10-14-19-50)80(116)94(8)44(4)72(108)87-60(33-49-23-26-56(82)57(83)31-49)81(117)93(7)43(3)71(107)86-58(27-28-66(103)104)63(100)36-54(39-96)79(115)95-29-15-20-62(95)76(112)89-61(75(111)85-38-65(84)102)41-118-40-55(99)34-52(73(109)90-68)30-47-16-11-9-12-17-47/h9-14,16-19,21-26,31,42-46,52-54,58-62,68-70,96-98H,15,20,27-30,32-41H2,1-8H3,(H2,84,102)(H,85,111)(H,86,107)(H,87,108)(H,88,113)(H,89,112)(H,90,109)(H,91,110)(H,92,114)(H,103,104)(H,105,106)/t43-,44-,45+,46+,52+,53-,54-,58-,59-,60-,61-,62-,68-,69-,70-/m0/s1. The number of primary amides is 1. The molecule has 2 saturated heterocycles. The predicted octanol–water partition coefficient (Wildman–Crippen LogP) is 0.591. The molecule has 0 bridgehead atoms. The summed E-state index contributed by atoms with van der Waals surface area (Å²) in [4.78, 5) is 242. The van der Waals surface area contributed by atoms with E-state index in [2.05, 4.69) is 42.5 Å². The van der Waals surface area contributed by atoms with Crippen LogP contribution in [0.5, 0.6) is 0 Å². The van der Waals surface area contributed by atoms with Crippen LogP contribution in [-0.2, 0) is 101 Å². The van der Waals surface area contributed by atoms with E-state index >= 15 is 4.79 Å². The molecule has 118 heavy (non-hydrogen) atoms. The highest BCUT2D eigenvalue weighted by atomic mass is 35.5. The molecule has 0 unspecified atom stereocenters. The molecule has 4 aromatic carbocycles. The second-order valence-corrected chi connectivity index (χ2v) is 31.7. The topological polar surface area (TPSA) is 523 Å². The van der Waals surface area contributed by atoms with Crippen molar-refractivity contribution in [3.8, 4) is 11.1 Å². The van der Waals surface area contributed by atoms with E-state index in [0.717, 1.165) is 51.4 Å². The molecule has 34 nitrogen and oxygen atoms in total. The lowest BCUT2D eigenvalue weighted by Crippen LogP contribution is -2.62. The van der Waals surface area contributed by atoms with E-state index in [1.54, 1.807) is 54.6 Å². The number of halogens is 2. The van der Waals surface area contributed by atoms with Crippen molar-refractivity contribution in [2.24, 2.45) is 29.4 Å². The maximum atomic E-state index is 15.1. The third kappa shape index (κ3) is 28.5. The van der Waals surface area contributed by atoms with E-state index < -0.39 is 254 Å². The van der Waals surface area contributed by atoms with Crippen molar-refractivity contribution in [3.05, 3.63) is 130 Å². The summed E-state index contributed by atoms with van der Waals surface area (Å²) in [6.45, 7) is 5.89. The van der Waals surface area contributed by atoms with Gasteiger partial charge in [-0.1, -0.05) is 128 Å². The van der Waals surface area contributed by atoms with Gasteiger partial charge in [0.1, 0.15) is 54.1 Å². The van der Waals surface area contributed by atoms with E-state index in [1.165, 1.54) is 60.0 Å². The Kier molecular flexibility index (Phi) is 37.4. The number of aliphatic hydroxyl groups excluding tert-OH is 3. The summed E-state index contributed by atoms with van der Waals surface area (Å²) in [5.41, 5.74) is 8.22. The first-order valence-electron chi connectivity index (χ1n) is 38.4. The number of aliphatic carboxylic acids is 2. The van der Waals surface area contributed by atoms with Gasteiger partial charge >= 0.3 is 11.9 Å². The van der Waals surface area contributed by atoms with Gasteiger partial charge in [-0.25, -0.2) is 0 Å². The molecule has 2 fully saturated rings. The minimum atomic E-state index is -2.06. The van der Waals surface area contributed by atoms with Crippen LogP contribution in [0.3, 0.4) is 0 Å². The molecule has 640 valence electrons. The Bertz CT molecular complexity index is 4300. The number of nitrogens with two attached hydrogens (primary N) is 1. The smallest absolute Gasteiger partial charge is 0.304 e. The molecule has 15 N–H and O–H groups in total. The van der Waals surface area contributed by atoms with Gasteiger partial charge in [0.25, 0.3) is 0 Å². The number of benzene rings is 4. The van der Waals surface area contributed by atoms with E-state index in [-0.39, 0.29) is 54.4 Å². The van der Waals surface area contributed by atoms with Crippen molar-refractivity contribution >= 4 is 135 Å². The number of aliphatic hydroxyl groups is 3. The fourth-order valence-electron chi connectivity index (χ4n) is 13.4. The molecule has 37 heteroatoms. The molecule has 6 rings (SSSR count). The van der Waals surface area contributed by atoms with Gasteiger partial charge in [0.15, 0.2) is 11.6 Å². The number of carboxylic acids is 2. The number of rotatable bonds is 19. The van der Waals surface area contributed by atoms with Crippen LogP contribution < -0.4 is 48.3 Å². The first-order chi connectivity index (χ1) is 55.7. The van der Waals surface area contributed by atoms with Gasteiger partial charge in [0, 0.05) is 70.8 Å². The molecule has 2 aliphatic heterocycles. The van der Waals surface area contributed by atoms with Crippen LogP contribution in [0, 0.1) is 23.7 Å². The van der Waals surface area contributed by atoms with Crippen molar-refractivity contribution in [2.45, 2.75) is 185 Å². The van der Waals surface area contributed by atoms with Gasteiger partial charge in [-0.2, -0.15) is 11.8 Å². The third-order valence-electron chi connectivity index (χ3n) is 20.4. The lowest BCUT2D eigenvalue weighted by Gasteiger charge is -2.33. The Labute approximate surface area is 696 Å². The number of Topliss-reactive ketones (excluding diaryl/α,β-unsaturated/α-hetero) is 3. The second kappa shape index (κ2) is 45.9. The number of amides is 12. The number of likely N-dealkylation sites (N-methyl/N-ethyl adjacent to an activating group) is 2. The Hall–Kier alpha value is -10.7. The van der Waals surface area contributed by atoms with Gasteiger partial charge in [0.05, 0.1) is 71.5 Å². The monoisotopic (exact) mass is 1700 g/mol. The fourth-order valence-corrected chi connectivity index (χ4v) is 14.6. The summed E-state index contributed by atoms with van der Waals surface area (Å²) in [6.07, 6.45) is -8.90. The number of nitrogens with zero attached hydrogens (tertiary/aromatic N) is 3. The van der Waals surface area contributed by atoms with Crippen LogP contribution in [0.1, 0.15) is 110 Å². The van der Waals surface area contributed by atoms with E-state index in [4.69, 9.17) is 28.9 Å². The van der Waals surface area contributed by atoms with Gasteiger partial charge in [-0.3, -0.25) is 81.5 Å². The lowest BCUT2D eigenvalue weighted by molar-refractivity contribution is -0.145. The van der Waals surface area contributed by atoms with Crippen LogP contribution in [0.15, 0.2) is 103 Å². The van der Waals surface area contributed by atoms with Crippen molar-refractivity contribution in [1.29, 1.82) is 0 Å². The maximum absolute atomic E-state index is 15.1. The molecule has 0 saturated carbocycles. The number of carboxylic acid groups (broad SMARTS) is 2. The quantitative estimate of drug-likeness (QED) is 0.0611. The molecular weight excluding hydrogens is 1600 g/mol. The van der Waals surface area contributed by atoms with E-state index in [1.807, 2.05) is 30.3 Å². The van der Waals surface area contributed by atoms with Crippen LogP contribution >= 0.6 is 35.0 Å². The highest BCUT2D eigenvalue weighted by molar-refractivity contribution is 8.00. The summed E-state index contributed by atoms with van der Waals surface area (Å²) >= 11 is 13.5. The number of hydrogen-bond donors (Lipinski definition) is 14. The summed E-state index contributed by atoms with van der Waals surface area (Å²) in [5.74, 6) is -24.1. The minimum Gasteiger partial charge on any atom is -0.481 e. The molecule has 2 aliphatic rings. The zero-order valence-electron chi connectivity index (χ0n) is 66.6. The molecule has 4 aromatic rings. The Morgan fingerprint density at radius 2 is 1.04 bits per heavy atom. The van der Waals surface area contributed by atoms with Gasteiger partial charge < -0.3 is 88.5 Å². The number of nitrogens with one attached hydrogen (secondary N) is 8. The van der Waals surface area contributed by atoms with Crippen LogP contribution in [0.25, 0.3) is 11.1 Å². The molecule has 0 spiro atoms. The van der Waals surface area contributed by atoms with Crippen molar-refractivity contribution < 1.29 is 107 Å². The SMILES string of the molecule is CC(C)[C@@H]1NC(=O)[C@H](Cc2ccccc2)CC(=O)CSC[C@@H](C(=O)NCC(N)=O)NC(=O)[C@@H]2CCCN2C(=O)[C@H](CO)CC(=O)[C@H](CCC(=O)O)NC(=O)[C@H](C)N(C)C(=O)[C@H](Cc2ccc(Cl)c(Cl)c2)NC(=O)[C@H](C)N(C)C(=O)[C@H](Cc2ccc(-c3ccccc3)cc2)NC(=O)[C@H]([C@@H](C)O)NC(=O)[C@H]([C@@H](C)O)NC(=O)[C@H](CC(=O)O)CC1=O. The average Bonchev–Trinajstić information content (AvgIpc) is 1.50. The molecule has 15 atom stereocenters. The predicted molar refractivity (Wildman–Crippen MR) is 432 cm³/mol. The zero-order valence-corrected chi connectivity index (χ0v) is 69.0. The molecule has 0 aliphatic carbocycles. The summed E-state index contributed by atoms with van der Waals surface area (Å²) in [6, 6.07) is 12.1. The van der Waals surface area contributed by atoms with Crippen LogP contribution in [0.4, 0.5) is 0 Å². The summed E-state index contributed by atoms with van der Waals surface area (Å²) in [5, 5.41) is 73.0. The van der Waals surface area contributed by atoms with Crippen LogP contribution in [-0.4, -0.2) is 258 Å². The summed E-state index contributed by atoms with van der Waals surface area (Å²) in [7, 11) is 2.37. The number of carbonyl (C=O) groups is 17. The summed E-state index contributed by atoms with van der Waals surface area (Å²) < 4.78 is 0. The van der Waals surface area contributed by atoms with Gasteiger partial charge in [0.2, 0.25) is 70.9 Å². The van der Waals surface area contributed by atoms with Crippen molar-refractivity contribution in [1.82, 2.24) is 57.2 Å². The van der Waals surface area contributed by atoms with Gasteiger partial charge in [-0.05, 0) is 99.2 Å². The largest absolute Gasteiger partial charge is 0.481 e. The molecule has 0 aromatic heterocycles. The minimum absolute atomic E-state index is 0.0169. The molecule has 0 radical (unpaired) electrons. The number of fused-ring (bicyclic) bond motifs is 1. The molecule has 12 amide bonds. The highest BCUT2D eigenvalue weighted by Crippen LogP contribution is 2.28. The van der Waals surface area contributed by atoms with E-state index in [0.29, 0.717) is 16.7 Å². The average molecular weight is 1700 g/mol. The lowest BCUT2D eigenvalue weighted by atomic mass is 9.88. The first kappa shape index (κ1) is 96.1. The number of hydrogen-bond acceptors (Lipinski definition) is 21. The number of ketones is 3. The number of carbonyl (C=O) groups excluding carboxylic acids is 15. The zero-order chi connectivity index (χ0) is 87.5. The van der Waals surface area contributed by atoms with E-state index in [9.17, 15) is 102 Å². The Morgan fingerprint density at radius 1 is 0.542 bits per heavy atom. The Balaban J connectivity index is 1.41. The second-order valence-electron chi connectivity index (χ2n) is 29.9. The highest BCUT2D eigenvalue weighted by Gasteiger charge is 2.43. The fraction of sp³-hybridized carbons (Fsp3) is 0.494. The Morgan fingerprint density at radius 3 is 1.58 bits per heavy atom. The van der Waals surface area contributed by atoms with Crippen LogP contribution in [0.2, 0.25) is 10.0 Å². The third-order valence-corrected chi connectivity index (χ3v) is 22.3. The molecular formula is C81H104Cl2N12O22S. The van der Waals surface area contributed by atoms with Gasteiger partial charge in [-0.15, -0.1) is 0 Å². The van der Waals surface area contributed by atoms with Crippen molar-refractivity contribution in [2.75, 3.05) is 45.3 Å². The maximum Gasteiger partial charge on any atom is 0.304 e. The number of thioether (sulfide) groups is 1. The molecule has 2 heterocycles. The first-order valence-corrected chi connectivity index (χ1v) is 40.3.